The second-order valence-electron chi connectivity index (χ2n) is 57.5. The summed E-state index contributed by atoms with van der Waals surface area (Å²) in [6.07, 6.45) is 79.2. The number of fused-ring (bicyclic) bond motifs is 20. The molecule has 21 aliphatic carbocycles. The molecule has 12 fully saturated rings. The van der Waals surface area contributed by atoms with Crippen molar-refractivity contribution in [3.05, 3.63) is 230 Å². The number of hydrogen-bond donors (Lipinski definition) is 0. The minimum atomic E-state index is -1.71. The van der Waals surface area contributed by atoms with Crippen LogP contribution in [-0.4, -0.2) is 31.6 Å². The Morgan fingerprint density at radius 1 is 0.302 bits per heavy atom. The molecule has 0 bridgehead atoms. The van der Waals surface area contributed by atoms with E-state index in [4.69, 9.17) is 28.1 Å². The quantitative estimate of drug-likeness (QED) is 0.0651. The van der Waals surface area contributed by atoms with Gasteiger partial charge in [-0.2, -0.15) is 11.1 Å². The molecule has 0 aliphatic heterocycles. The van der Waals surface area contributed by atoms with Crippen LogP contribution in [-0.2, 0) is 72.2 Å². The Labute approximate surface area is 965 Å². The first-order valence-electron chi connectivity index (χ1n) is 61.8. The predicted molar refractivity (Wildman–Crippen MR) is 653 cm³/mol. The van der Waals surface area contributed by atoms with Crippen molar-refractivity contribution in [2.45, 2.75) is 444 Å². The molecule has 10 heteroatoms. The summed E-state index contributed by atoms with van der Waals surface area (Å²) in [6.45, 7) is 51.9. The van der Waals surface area contributed by atoms with Gasteiger partial charge in [-0.3, -0.25) is 0 Å². The van der Waals surface area contributed by atoms with Gasteiger partial charge in [-0.15, -0.1) is 0 Å². The van der Waals surface area contributed by atoms with Crippen LogP contribution in [0.2, 0.25) is 70.0 Å². The minimum Gasteiger partial charge on any atom is 1.00 e. The Morgan fingerprint density at radius 2 is 0.711 bits per heavy atom. The van der Waals surface area contributed by atoms with Crippen molar-refractivity contribution >= 4 is 99.4 Å². The Bertz CT molecular complexity index is 5590. The van der Waals surface area contributed by atoms with Crippen LogP contribution in [0.5, 0.6) is 0 Å². The number of hydrogen-bond acceptors (Lipinski definition) is 0. The maximum atomic E-state index is 6.78. The van der Waals surface area contributed by atoms with Gasteiger partial charge in [0.1, 0.15) is 0 Å². The van der Waals surface area contributed by atoms with Gasteiger partial charge in [0.25, 0.3) is 0 Å². The van der Waals surface area contributed by atoms with Crippen LogP contribution in [0.4, 0.5) is 0 Å². The second-order valence-corrected chi connectivity index (χ2v) is 83.2. The van der Waals surface area contributed by atoms with E-state index in [9.17, 15) is 0 Å². The van der Waals surface area contributed by atoms with Crippen LogP contribution >= 0.6 is 28.1 Å². The Balaban J connectivity index is 0.000000126. The maximum Gasteiger partial charge on any atom is 1.00 e. The molecule has 0 heterocycles. The van der Waals surface area contributed by atoms with Crippen LogP contribution in [0.25, 0.3) is 39.6 Å². The molecular weight excluding hydrogens is 1990 g/mol. The zero-order valence-electron chi connectivity index (χ0n) is 99.1. The largest absolute Gasteiger partial charge is 1.00 e. The molecule has 25 unspecified atom stereocenters. The van der Waals surface area contributed by atoms with Crippen LogP contribution in [0.1, 0.15) is 423 Å². The molecule has 0 nitrogen and oxygen atoms in total. The van der Waals surface area contributed by atoms with E-state index in [1.165, 1.54) is 150 Å². The van der Waals surface area contributed by atoms with E-state index in [1.807, 2.05) is 0 Å². The molecule has 25 atom stereocenters. The zero-order valence-corrected chi connectivity index (χ0v) is 108. The molecule has 6 aromatic rings. The molecule has 149 heavy (non-hydrogen) atoms. The van der Waals surface area contributed by atoms with E-state index < -0.39 is 52.5 Å². The molecule has 27 rings (SSSR count). The van der Waals surface area contributed by atoms with Gasteiger partial charge in [-0.1, -0.05) is 372 Å². The first-order chi connectivity index (χ1) is 69.5. The maximum absolute atomic E-state index is 6.78. The summed E-state index contributed by atoms with van der Waals surface area (Å²) in [7, 11) is 4.04. The first-order valence-corrected chi connectivity index (χ1v) is 82.1. The third kappa shape index (κ3) is 24.7. The van der Waals surface area contributed by atoms with Crippen molar-refractivity contribution in [1.82, 2.24) is 0 Å². The van der Waals surface area contributed by atoms with Crippen molar-refractivity contribution in [3.63, 3.8) is 0 Å². The number of allylic oxidation sites excluding steroid dienone is 8. The zero-order chi connectivity index (χ0) is 102. The molecule has 0 amide bonds. The van der Waals surface area contributed by atoms with Crippen LogP contribution < -0.4 is 37.7 Å². The van der Waals surface area contributed by atoms with E-state index in [0.717, 1.165) is 106 Å². The van der Waals surface area contributed by atoms with Gasteiger partial charge in [0, 0.05) is 11.5 Å². The molecule has 0 spiro atoms. The van der Waals surface area contributed by atoms with Crippen LogP contribution in [0, 0.1) is 157 Å². The van der Waals surface area contributed by atoms with Gasteiger partial charge in [-0.25, -0.2) is 0 Å². The fraction of sp³-hybridized carbons (Fsp3) is 0.669. The van der Waals surface area contributed by atoms with Gasteiger partial charge in [0.05, 0.1) is 24.2 Å². The van der Waals surface area contributed by atoms with Crippen molar-refractivity contribution in [2.24, 2.45) is 142 Å². The molecular formula is C139H203Cl3Li2Si4Zr+2. The van der Waals surface area contributed by atoms with E-state index in [0.29, 0.717) is 40.3 Å². The number of halogens is 3. The smallest absolute Gasteiger partial charge is 1.00 e. The fourth-order valence-corrected chi connectivity index (χ4v) is 51.0. The normalized spacial score (nSPS) is 32.3. The SMILES string of the molecule is C1CC2CC3CCCC3CC2C1.CC(C)C1=CC([Si](C)(C)C)c2cc3c(cc21)CCC3.CC(C)C1=CC([Si](C)(C)C2C=Cc3c2ccc2ccccc32)c2cc3c(cc21)CCC3.CC(C)C1=CC([Si](C)(C)Cl)c2cc3c(cc21)CCC3.CC(C)C1C=Cc2cc3c(cc21)CCC3.CC(C)C1CC([Si](C)(C)C2CCC3C4CCCCC4CCC32)C2CC3CCCC3CC12.CC(C)C1CCC2CC3CCCC3CC21.[CH3-].[CH3-].[Cl][Zr+2][Cl].[Li+].[Li+]. The summed E-state index contributed by atoms with van der Waals surface area (Å²) in [6, 6.07) is 33.7. The average Bonchev–Trinajstić information content (AvgIpc) is 1.58. The second kappa shape index (κ2) is 50.4. The van der Waals surface area contributed by atoms with Crippen molar-refractivity contribution in [3.8, 4) is 0 Å². The Morgan fingerprint density at radius 3 is 1.19 bits per heavy atom. The van der Waals surface area contributed by atoms with E-state index in [2.05, 4.69) is 269 Å². The van der Waals surface area contributed by atoms with Crippen LogP contribution in [0.3, 0.4) is 0 Å². The summed E-state index contributed by atoms with van der Waals surface area (Å²) in [5.41, 5.74) is 37.9. The average molecular weight is 2200 g/mol. The molecule has 0 radical (unpaired) electrons. The number of aryl methyl sites for hydroxylation is 8. The number of rotatable bonds is 12. The topological polar surface area (TPSA) is 0 Å². The molecule has 0 aromatic heterocycles. The van der Waals surface area contributed by atoms with Crippen molar-refractivity contribution < 1.29 is 58.6 Å². The molecule has 0 N–H and O–H groups in total. The van der Waals surface area contributed by atoms with Crippen molar-refractivity contribution in [2.75, 3.05) is 0 Å². The van der Waals surface area contributed by atoms with E-state index in [-0.39, 0.29) is 52.6 Å². The third-order valence-electron chi connectivity index (χ3n) is 45.4. The molecule has 6 aromatic carbocycles. The van der Waals surface area contributed by atoms with Gasteiger partial charge in [0.15, 0.2) is 7.38 Å². The molecule has 800 valence electrons. The van der Waals surface area contributed by atoms with Gasteiger partial charge in [-0.05, 0) is 458 Å². The summed E-state index contributed by atoms with van der Waals surface area (Å²) in [5, 5.41) is 2.77. The summed E-state index contributed by atoms with van der Waals surface area (Å²) in [4.78, 5) is 0. The summed E-state index contributed by atoms with van der Waals surface area (Å²) < 4.78 is 0. The van der Waals surface area contributed by atoms with Crippen molar-refractivity contribution in [1.29, 1.82) is 0 Å². The Kier molecular flexibility index (Phi) is 40.4. The van der Waals surface area contributed by atoms with E-state index >= 15 is 0 Å². The minimum absolute atomic E-state index is 0. The number of benzene rings is 6. The fourth-order valence-electron chi connectivity index (χ4n) is 38.0. The monoisotopic (exact) mass is 2190 g/mol. The van der Waals surface area contributed by atoms with Crippen LogP contribution in [0.15, 0.2) is 115 Å². The summed E-state index contributed by atoms with van der Waals surface area (Å²) in [5.74, 6) is 25.6. The van der Waals surface area contributed by atoms with E-state index in [1.54, 1.807) is 275 Å². The first kappa shape index (κ1) is 119. The predicted octanol–water partition coefficient (Wildman–Crippen LogP) is 36.1. The standard InChI is InChI=1S/C30H52Si.C30H32Si.C18H26Si.C17H23ClSi.C15H26.C15H18.C12H20.2CH3.2ClH.2Li.Zr/c2*1-19(2)26-18-30(28-17-22-10-7-9-21(22)16-27(26)28)31(3,4)29-15-14-24-23-11-6-5-8-20(23)12-13-25(24)29;1-12(2)15-11-18(19(3,4)5)17-10-14-8-6-7-13(14)9-16(15)17;1-11(2)14-10-17(19(3,4)18)16-9-13-7-5-6-12(13)8-15(14)16;2*1-10(2)14-7-6-13-8-11-4-3-5-12(11)9-15(13)14;1-3-9-7-11-5-2-6-12(11)8-10(9)4-1;;;;;;;/h19-30H,5-18H2,1-4H3;5-6,8,11-19,29-30H,7,9-10H2,1-4H3;9-12,18H,6-8H2,1-5H3;8-11,17H,5-7H2,1-4H3;10-15H,3-9H2,1-2H3;6-10,14H,3-5H2,1-2H3;9-12H,1-8H2;2*1H3;2*1H;;;/q;;;;;;;2*-1;;;2*+1;+4/p-2. The molecule has 0 saturated heterocycles. The third-order valence-corrected chi connectivity index (χ3v) is 59.8. The Hall–Kier alpha value is -1.90. The molecule has 21 aliphatic rings. The molecule has 12 saturated carbocycles. The van der Waals surface area contributed by atoms with Gasteiger partial charge in [0.2, 0.25) is 0 Å². The summed E-state index contributed by atoms with van der Waals surface area (Å²) >= 11 is 5.96. The van der Waals surface area contributed by atoms with Gasteiger partial charge >= 0.3 is 75.6 Å². The van der Waals surface area contributed by atoms with Gasteiger partial charge < -0.3 is 14.9 Å².